The molecule has 3 nitrogen and oxygen atoms in total. The maximum atomic E-state index is 11.5. The molecule has 1 aromatic carbocycles. The number of benzene rings is 1. The van der Waals surface area contributed by atoms with Gasteiger partial charge in [0.1, 0.15) is 11.2 Å². The van der Waals surface area contributed by atoms with Gasteiger partial charge in [0.25, 0.3) is 0 Å². The third-order valence-electron chi connectivity index (χ3n) is 2.23. The molecule has 0 fully saturated rings. The molecule has 0 saturated carbocycles. The minimum absolute atomic E-state index is 0.0330. The molecular weight excluding hydrogens is 180 g/mol. The zero-order valence-corrected chi connectivity index (χ0v) is 7.19. The second-order valence-electron chi connectivity index (χ2n) is 3.09. The molecule has 0 aliphatic rings. The average Bonchev–Trinajstić information content (AvgIpc) is 2.62. The molecule has 0 atom stereocenters. The predicted molar refractivity (Wildman–Crippen MR) is 52.3 cm³/mol. The molecule has 14 heavy (non-hydrogen) atoms. The highest BCUT2D eigenvalue weighted by Crippen LogP contribution is 2.21. The Morgan fingerprint density at radius 2 is 1.71 bits per heavy atom. The third kappa shape index (κ3) is 0.893. The van der Waals surface area contributed by atoms with E-state index in [1.54, 1.807) is 18.4 Å². The van der Waals surface area contributed by atoms with Gasteiger partial charge >= 0.3 is 0 Å². The molecule has 0 amide bonds. The minimum Gasteiger partial charge on any atom is -0.464 e. The molecule has 0 radical (unpaired) electrons. The SMILES string of the molecule is O=c1ccoc2cc3occc3cc12. The summed E-state index contributed by atoms with van der Waals surface area (Å²) in [6.45, 7) is 0. The van der Waals surface area contributed by atoms with Crippen LogP contribution in [0.4, 0.5) is 0 Å². The lowest BCUT2D eigenvalue weighted by atomic mass is 10.2. The normalized spacial score (nSPS) is 11.1. The Balaban J connectivity index is 2.63. The lowest BCUT2D eigenvalue weighted by Gasteiger charge is -1.94. The van der Waals surface area contributed by atoms with Gasteiger partial charge in [0.2, 0.25) is 0 Å². The van der Waals surface area contributed by atoms with Crippen LogP contribution in [0.25, 0.3) is 21.9 Å². The lowest BCUT2D eigenvalue weighted by Crippen LogP contribution is -1.96. The summed E-state index contributed by atoms with van der Waals surface area (Å²) in [5, 5.41) is 1.50. The summed E-state index contributed by atoms with van der Waals surface area (Å²) >= 11 is 0. The molecule has 0 saturated heterocycles. The van der Waals surface area contributed by atoms with Crippen LogP contribution in [0, 0.1) is 0 Å². The van der Waals surface area contributed by atoms with Crippen LogP contribution in [0.2, 0.25) is 0 Å². The van der Waals surface area contributed by atoms with Crippen LogP contribution in [-0.2, 0) is 0 Å². The number of hydrogen-bond donors (Lipinski definition) is 0. The highest BCUT2D eigenvalue weighted by Gasteiger charge is 2.03. The number of fused-ring (bicyclic) bond motifs is 2. The molecule has 2 aromatic heterocycles. The van der Waals surface area contributed by atoms with Gasteiger partial charge in [-0.2, -0.15) is 0 Å². The van der Waals surface area contributed by atoms with Gasteiger partial charge in [0.15, 0.2) is 5.43 Å². The Kier molecular flexibility index (Phi) is 1.31. The second kappa shape index (κ2) is 2.48. The van der Waals surface area contributed by atoms with E-state index in [1.165, 1.54) is 12.3 Å². The van der Waals surface area contributed by atoms with E-state index in [4.69, 9.17) is 8.83 Å². The molecule has 0 N–H and O–H groups in total. The Morgan fingerprint density at radius 1 is 0.929 bits per heavy atom. The lowest BCUT2D eigenvalue weighted by molar-refractivity contribution is 0.595. The van der Waals surface area contributed by atoms with Gasteiger partial charge in [-0.05, 0) is 12.1 Å². The van der Waals surface area contributed by atoms with Crippen molar-refractivity contribution in [3.05, 3.63) is 47.0 Å². The zero-order chi connectivity index (χ0) is 9.54. The van der Waals surface area contributed by atoms with Crippen molar-refractivity contribution in [1.82, 2.24) is 0 Å². The van der Waals surface area contributed by atoms with E-state index in [-0.39, 0.29) is 5.43 Å². The topological polar surface area (TPSA) is 43.4 Å². The summed E-state index contributed by atoms with van der Waals surface area (Å²) in [5.41, 5.74) is 1.25. The Labute approximate surface area is 78.6 Å². The maximum Gasteiger partial charge on any atom is 0.192 e. The molecular formula is C11H6O3. The summed E-state index contributed by atoms with van der Waals surface area (Å²) in [7, 11) is 0. The van der Waals surface area contributed by atoms with Crippen molar-refractivity contribution in [2.24, 2.45) is 0 Å². The summed E-state index contributed by atoms with van der Waals surface area (Å²) in [6, 6.07) is 6.74. The minimum atomic E-state index is -0.0330. The molecule has 3 aromatic rings. The van der Waals surface area contributed by atoms with E-state index < -0.39 is 0 Å². The van der Waals surface area contributed by atoms with Gasteiger partial charge in [-0.3, -0.25) is 4.79 Å². The van der Waals surface area contributed by atoms with Crippen molar-refractivity contribution in [2.75, 3.05) is 0 Å². The highest BCUT2D eigenvalue weighted by atomic mass is 16.3. The van der Waals surface area contributed by atoms with Crippen LogP contribution in [0.3, 0.4) is 0 Å². The molecule has 0 bridgehead atoms. The highest BCUT2D eigenvalue weighted by molar-refractivity contribution is 5.92. The smallest absolute Gasteiger partial charge is 0.192 e. The summed E-state index contributed by atoms with van der Waals surface area (Å²) in [5.74, 6) is 0. The van der Waals surface area contributed by atoms with Gasteiger partial charge < -0.3 is 8.83 Å². The fourth-order valence-corrected chi connectivity index (χ4v) is 1.54. The van der Waals surface area contributed by atoms with Crippen LogP contribution in [0.5, 0.6) is 0 Å². The van der Waals surface area contributed by atoms with Crippen LogP contribution in [0.1, 0.15) is 0 Å². The Hall–Kier alpha value is -2.03. The van der Waals surface area contributed by atoms with Gasteiger partial charge in [-0.1, -0.05) is 0 Å². The first-order valence-corrected chi connectivity index (χ1v) is 4.23. The summed E-state index contributed by atoms with van der Waals surface area (Å²) in [4.78, 5) is 11.5. The monoisotopic (exact) mass is 186 g/mol. The van der Waals surface area contributed by atoms with Crippen molar-refractivity contribution < 1.29 is 8.83 Å². The fraction of sp³-hybridized carbons (Fsp3) is 0. The standard InChI is InChI=1S/C11H6O3/c12-9-2-4-14-11-6-10-7(1-3-13-10)5-8(9)11/h1-6H. The number of furan rings is 1. The first-order chi connectivity index (χ1) is 6.84. The van der Waals surface area contributed by atoms with E-state index in [0.717, 1.165) is 11.0 Å². The molecule has 0 aliphatic carbocycles. The fourth-order valence-electron chi connectivity index (χ4n) is 1.54. The largest absolute Gasteiger partial charge is 0.464 e. The van der Waals surface area contributed by atoms with E-state index in [1.807, 2.05) is 6.07 Å². The van der Waals surface area contributed by atoms with Crippen molar-refractivity contribution in [3.63, 3.8) is 0 Å². The van der Waals surface area contributed by atoms with Gasteiger partial charge in [0.05, 0.1) is 17.9 Å². The summed E-state index contributed by atoms with van der Waals surface area (Å²) in [6.07, 6.45) is 2.98. The molecule has 0 unspecified atom stereocenters. The van der Waals surface area contributed by atoms with Crippen LogP contribution >= 0.6 is 0 Å². The van der Waals surface area contributed by atoms with E-state index >= 15 is 0 Å². The molecule has 0 spiro atoms. The zero-order valence-electron chi connectivity index (χ0n) is 7.19. The first-order valence-electron chi connectivity index (χ1n) is 4.23. The second-order valence-corrected chi connectivity index (χ2v) is 3.09. The van der Waals surface area contributed by atoms with Crippen LogP contribution in [0.15, 0.2) is 50.4 Å². The van der Waals surface area contributed by atoms with Crippen molar-refractivity contribution in [2.45, 2.75) is 0 Å². The quantitative estimate of drug-likeness (QED) is 0.541. The van der Waals surface area contributed by atoms with Gasteiger partial charge in [0, 0.05) is 17.5 Å². The van der Waals surface area contributed by atoms with Gasteiger partial charge in [-0.15, -0.1) is 0 Å². The number of hydrogen-bond acceptors (Lipinski definition) is 3. The molecule has 3 rings (SSSR count). The molecule has 3 heteroatoms. The van der Waals surface area contributed by atoms with E-state index in [0.29, 0.717) is 11.0 Å². The van der Waals surface area contributed by atoms with E-state index in [2.05, 4.69) is 0 Å². The number of rotatable bonds is 0. The molecule has 2 heterocycles. The average molecular weight is 186 g/mol. The molecule has 0 aliphatic heterocycles. The predicted octanol–water partition coefficient (Wildman–Crippen LogP) is 2.54. The van der Waals surface area contributed by atoms with Crippen LogP contribution < -0.4 is 5.43 Å². The van der Waals surface area contributed by atoms with Gasteiger partial charge in [-0.25, -0.2) is 0 Å². The maximum absolute atomic E-state index is 11.5. The molecule has 68 valence electrons. The Morgan fingerprint density at radius 3 is 2.64 bits per heavy atom. The Bertz CT molecular complexity index is 661. The first kappa shape index (κ1) is 7.38. The van der Waals surface area contributed by atoms with Crippen molar-refractivity contribution in [3.8, 4) is 0 Å². The summed E-state index contributed by atoms with van der Waals surface area (Å²) < 4.78 is 10.4. The van der Waals surface area contributed by atoms with Crippen LogP contribution in [-0.4, -0.2) is 0 Å². The van der Waals surface area contributed by atoms with Crippen molar-refractivity contribution in [1.29, 1.82) is 0 Å². The third-order valence-corrected chi connectivity index (χ3v) is 2.23. The van der Waals surface area contributed by atoms with E-state index in [9.17, 15) is 4.79 Å². The van der Waals surface area contributed by atoms with Crippen molar-refractivity contribution >= 4 is 21.9 Å².